The largest absolute Gasteiger partial charge is 0.378 e. The number of hydrogen-bond donors (Lipinski definition) is 3. The van der Waals surface area contributed by atoms with Gasteiger partial charge in [-0.25, -0.2) is 0 Å². The van der Waals surface area contributed by atoms with E-state index in [0.717, 1.165) is 22.3 Å². The first kappa shape index (κ1) is 17.9. The van der Waals surface area contributed by atoms with E-state index in [1.54, 1.807) is 30.3 Å². The van der Waals surface area contributed by atoms with Crippen molar-refractivity contribution < 1.29 is 14.7 Å². The van der Waals surface area contributed by atoms with Crippen molar-refractivity contribution in [2.75, 3.05) is 0 Å². The maximum absolute atomic E-state index is 12.7. The Balaban J connectivity index is 1.69. The first-order valence-corrected chi connectivity index (χ1v) is 9.09. The van der Waals surface area contributed by atoms with Gasteiger partial charge in [0.1, 0.15) is 6.04 Å². The van der Waals surface area contributed by atoms with Gasteiger partial charge in [0.25, 0.3) is 5.91 Å². The number of nitrogens with two attached hydrogens (primary N) is 1. The topological polar surface area (TPSA) is 92.4 Å². The van der Waals surface area contributed by atoms with Gasteiger partial charge in [0.2, 0.25) is 5.91 Å². The van der Waals surface area contributed by atoms with Crippen molar-refractivity contribution in [2.24, 2.45) is 5.73 Å². The molecule has 3 aromatic rings. The van der Waals surface area contributed by atoms with Crippen LogP contribution in [0.5, 0.6) is 0 Å². The lowest BCUT2D eigenvalue weighted by Crippen LogP contribution is -2.49. The monoisotopic (exact) mass is 372 g/mol. The molecule has 0 heterocycles. The summed E-state index contributed by atoms with van der Waals surface area (Å²) in [5, 5.41) is 13.1. The first-order chi connectivity index (χ1) is 13.6. The maximum atomic E-state index is 12.7. The second kappa shape index (κ2) is 7.29. The zero-order valence-corrected chi connectivity index (χ0v) is 15.1. The predicted molar refractivity (Wildman–Crippen MR) is 106 cm³/mol. The summed E-state index contributed by atoms with van der Waals surface area (Å²) in [7, 11) is 0. The van der Waals surface area contributed by atoms with E-state index in [9.17, 15) is 14.7 Å². The summed E-state index contributed by atoms with van der Waals surface area (Å²) in [6.07, 6.45) is -1.38. The fourth-order valence-electron chi connectivity index (χ4n) is 3.89. The van der Waals surface area contributed by atoms with Gasteiger partial charge >= 0.3 is 0 Å². The molecule has 0 aliphatic heterocycles. The van der Waals surface area contributed by atoms with Crippen molar-refractivity contribution >= 4 is 11.8 Å². The molecule has 1 aliphatic carbocycles. The highest BCUT2D eigenvalue weighted by Crippen LogP contribution is 2.46. The minimum absolute atomic E-state index is 0.406. The van der Waals surface area contributed by atoms with Crippen molar-refractivity contribution in [3.8, 4) is 11.1 Å². The number of benzene rings is 3. The van der Waals surface area contributed by atoms with E-state index in [1.807, 2.05) is 48.5 Å². The number of hydrogen-bond acceptors (Lipinski definition) is 3. The molecule has 1 aliphatic rings. The number of nitrogens with one attached hydrogen (secondary N) is 1. The standard InChI is InChI=1S/C23H20N2O3/c24-22(27)20(25-23(28)21(26)14-8-2-1-3-9-14)19-17-12-6-4-10-15(17)16-11-5-7-13-18(16)19/h1-13,19-21,26H,(H2,24,27)(H,25,28)/t20-,21+/m1/s1. The second-order valence-corrected chi connectivity index (χ2v) is 6.85. The Bertz CT molecular complexity index is 987. The quantitative estimate of drug-likeness (QED) is 0.642. The molecule has 5 nitrogen and oxygen atoms in total. The Hall–Kier alpha value is -3.44. The molecule has 0 spiro atoms. The van der Waals surface area contributed by atoms with E-state index in [2.05, 4.69) is 5.32 Å². The van der Waals surface area contributed by atoms with Crippen LogP contribution in [0.2, 0.25) is 0 Å². The van der Waals surface area contributed by atoms with Crippen molar-refractivity contribution in [3.63, 3.8) is 0 Å². The summed E-state index contributed by atoms with van der Waals surface area (Å²) in [4.78, 5) is 25.0. The number of aliphatic hydroxyl groups is 1. The predicted octanol–water partition coefficient (Wildman–Crippen LogP) is 2.50. The highest BCUT2D eigenvalue weighted by atomic mass is 16.3. The molecule has 2 atom stereocenters. The lowest BCUT2D eigenvalue weighted by molar-refractivity contribution is -0.133. The molecule has 0 unspecified atom stereocenters. The molecule has 5 heteroatoms. The number of aliphatic hydroxyl groups excluding tert-OH is 1. The van der Waals surface area contributed by atoms with E-state index in [-0.39, 0.29) is 0 Å². The Labute approximate surface area is 162 Å². The van der Waals surface area contributed by atoms with Crippen LogP contribution >= 0.6 is 0 Å². The molecule has 2 amide bonds. The van der Waals surface area contributed by atoms with Crippen molar-refractivity contribution in [2.45, 2.75) is 18.1 Å². The summed E-state index contributed by atoms with van der Waals surface area (Å²) in [5.41, 5.74) is 10.0. The van der Waals surface area contributed by atoms with Crippen LogP contribution in [0.3, 0.4) is 0 Å². The summed E-state index contributed by atoms with van der Waals surface area (Å²) in [6, 6.07) is 23.2. The smallest absolute Gasteiger partial charge is 0.254 e. The van der Waals surface area contributed by atoms with Gasteiger partial charge in [-0.3, -0.25) is 9.59 Å². The van der Waals surface area contributed by atoms with Crippen LogP contribution in [-0.4, -0.2) is 23.0 Å². The molecule has 0 saturated heterocycles. The molecule has 3 aromatic carbocycles. The molecule has 0 radical (unpaired) electrons. The fraction of sp³-hybridized carbons (Fsp3) is 0.130. The van der Waals surface area contributed by atoms with Crippen LogP contribution in [0.4, 0.5) is 0 Å². The molecule has 140 valence electrons. The summed E-state index contributed by atoms with van der Waals surface area (Å²) >= 11 is 0. The van der Waals surface area contributed by atoms with Gasteiger partial charge in [0.05, 0.1) is 0 Å². The molecule has 0 bridgehead atoms. The third-order valence-corrected chi connectivity index (χ3v) is 5.18. The van der Waals surface area contributed by atoms with Crippen molar-refractivity contribution in [1.29, 1.82) is 0 Å². The van der Waals surface area contributed by atoms with Gasteiger partial charge in [0, 0.05) is 5.92 Å². The van der Waals surface area contributed by atoms with Gasteiger partial charge in [-0.2, -0.15) is 0 Å². The number of carbonyl (C=O) groups is 2. The van der Waals surface area contributed by atoms with E-state index in [0.29, 0.717) is 5.56 Å². The van der Waals surface area contributed by atoms with Crippen LogP contribution in [0, 0.1) is 0 Å². The number of carbonyl (C=O) groups excluding carboxylic acids is 2. The number of amides is 2. The minimum Gasteiger partial charge on any atom is -0.378 e. The molecule has 28 heavy (non-hydrogen) atoms. The average Bonchev–Trinajstić information content (AvgIpc) is 3.06. The van der Waals surface area contributed by atoms with Crippen LogP contribution in [-0.2, 0) is 9.59 Å². The SMILES string of the molecule is NC(=O)[C@H](NC(=O)[C@@H](O)c1ccccc1)C1c2ccccc2-c2ccccc21. The van der Waals surface area contributed by atoms with Crippen LogP contribution in [0.25, 0.3) is 11.1 Å². The van der Waals surface area contributed by atoms with Crippen molar-refractivity contribution in [1.82, 2.24) is 5.32 Å². The zero-order valence-electron chi connectivity index (χ0n) is 15.1. The van der Waals surface area contributed by atoms with Gasteiger partial charge < -0.3 is 16.2 Å². The molecule has 0 aromatic heterocycles. The summed E-state index contributed by atoms with van der Waals surface area (Å²) in [6.45, 7) is 0. The van der Waals surface area contributed by atoms with Crippen LogP contribution in [0.1, 0.15) is 28.7 Å². The number of rotatable bonds is 5. The Kier molecular flexibility index (Phi) is 4.67. The fourth-order valence-corrected chi connectivity index (χ4v) is 3.89. The summed E-state index contributed by atoms with van der Waals surface area (Å²) in [5.74, 6) is -1.71. The molecule has 0 saturated carbocycles. The van der Waals surface area contributed by atoms with E-state index >= 15 is 0 Å². The van der Waals surface area contributed by atoms with E-state index in [4.69, 9.17) is 5.73 Å². The van der Waals surface area contributed by atoms with Gasteiger partial charge in [-0.1, -0.05) is 78.9 Å². The highest BCUT2D eigenvalue weighted by Gasteiger charge is 2.38. The van der Waals surface area contributed by atoms with Crippen LogP contribution in [0.15, 0.2) is 78.9 Å². The van der Waals surface area contributed by atoms with Gasteiger partial charge in [0.15, 0.2) is 6.10 Å². The molecular formula is C23H20N2O3. The summed E-state index contributed by atoms with van der Waals surface area (Å²) < 4.78 is 0. The lowest BCUT2D eigenvalue weighted by Gasteiger charge is -2.25. The molecule has 4 N–H and O–H groups in total. The van der Waals surface area contributed by atoms with E-state index in [1.165, 1.54) is 0 Å². The lowest BCUT2D eigenvalue weighted by atomic mass is 9.88. The van der Waals surface area contributed by atoms with Crippen molar-refractivity contribution in [3.05, 3.63) is 95.6 Å². The third kappa shape index (κ3) is 3.06. The van der Waals surface area contributed by atoms with Gasteiger partial charge in [-0.05, 0) is 27.8 Å². The third-order valence-electron chi connectivity index (χ3n) is 5.18. The first-order valence-electron chi connectivity index (χ1n) is 9.09. The molecule has 4 rings (SSSR count). The zero-order chi connectivity index (χ0) is 19.7. The molecule has 0 fully saturated rings. The Morgan fingerprint density at radius 3 is 1.86 bits per heavy atom. The van der Waals surface area contributed by atoms with Crippen LogP contribution < -0.4 is 11.1 Å². The molecular weight excluding hydrogens is 352 g/mol. The Morgan fingerprint density at radius 2 is 1.32 bits per heavy atom. The highest BCUT2D eigenvalue weighted by molar-refractivity contribution is 5.92. The second-order valence-electron chi connectivity index (χ2n) is 6.85. The van der Waals surface area contributed by atoms with Gasteiger partial charge in [-0.15, -0.1) is 0 Å². The normalized spacial score (nSPS) is 14.6. The average molecular weight is 372 g/mol. The number of primary amides is 1. The minimum atomic E-state index is -1.38. The maximum Gasteiger partial charge on any atom is 0.254 e. The Morgan fingerprint density at radius 1 is 0.821 bits per heavy atom. The number of fused-ring (bicyclic) bond motifs is 3. The van der Waals surface area contributed by atoms with E-state index < -0.39 is 29.9 Å².